The van der Waals surface area contributed by atoms with Crippen molar-refractivity contribution in [2.24, 2.45) is 0 Å². The van der Waals surface area contributed by atoms with Crippen LogP contribution in [-0.2, 0) is 0 Å². The summed E-state index contributed by atoms with van der Waals surface area (Å²) in [5.74, 6) is -0.404. The van der Waals surface area contributed by atoms with Crippen LogP contribution in [0.25, 0.3) is 0 Å². The summed E-state index contributed by atoms with van der Waals surface area (Å²) in [6.07, 6.45) is 2.80. The summed E-state index contributed by atoms with van der Waals surface area (Å²) in [5, 5.41) is 4.94. The number of carbonyl (C=O) groups excluding carboxylic acids is 2. The minimum atomic E-state index is -0.394. The molecule has 0 spiro atoms. The van der Waals surface area contributed by atoms with Crippen LogP contribution in [0.2, 0.25) is 0 Å². The van der Waals surface area contributed by atoms with E-state index >= 15 is 0 Å². The first-order valence-corrected chi connectivity index (χ1v) is 4.91. The molecule has 88 valence electrons. The zero-order chi connectivity index (χ0) is 12.1. The van der Waals surface area contributed by atoms with Gasteiger partial charge in [0.15, 0.2) is 11.5 Å². The van der Waals surface area contributed by atoms with E-state index in [1.807, 2.05) is 0 Å². The Morgan fingerprint density at radius 3 is 1.76 bits per heavy atom. The quantitative estimate of drug-likeness (QED) is 0.772. The number of rotatable bonds is 4. The maximum Gasteiger partial charge on any atom is 0.288 e. The van der Waals surface area contributed by atoms with Crippen LogP contribution in [0, 0.1) is 0 Å². The standard InChI is InChI=1S/C11H10N2O4/c14-10(8-3-1-5-16-8)12-7-13-11(15)9-4-2-6-17-9/h1-6H,7H2,(H,12,14)(H,13,15). The normalized spacial score (nSPS) is 9.88. The molecule has 6 nitrogen and oxygen atoms in total. The minimum Gasteiger partial charge on any atom is -0.459 e. The number of hydrogen-bond donors (Lipinski definition) is 2. The van der Waals surface area contributed by atoms with E-state index in [2.05, 4.69) is 10.6 Å². The van der Waals surface area contributed by atoms with Gasteiger partial charge in [-0.15, -0.1) is 0 Å². The number of furan rings is 2. The Kier molecular flexibility index (Phi) is 3.25. The van der Waals surface area contributed by atoms with Crippen molar-refractivity contribution >= 4 is 11.8 Å². The lowest BCUT2D eigenvalue weighted by Crippen LogP contribution is -2.36. The van der Waals surface area contributed by atoms with E-state index in [-0.39, 0.29) is 18.2 Å². The number of hydrogen-bond acceptors (Lipinski definition) is 4. The second kappa shape index (κ2) is 5.02. The van der Waals surface area contributed by atoms with Crippen molar-refractivity contribution in [2.45, 2.75) is 0 Å². The largest absolute Gasteiger partial charge is 0.459 e. The van der Waals surface area contributed by atoms with Crippen LogP contribution in [0.3, 0.4) is 0 Å². The smallest absolute Gasteiger partial charge is 0.288 e. The molecule has 0 bridgehead atoms. The predicted molar refractivity (Wildman–Crippen MR) is 57.2 cm³/mol. The van der Waals surface area contributed by atoms with E-state index in [0.29, 0.717) is 0 Å². The highest BCUT2D eigenvalue weighted by molar-refractivity contribution is 5.93. The van der Waals surface area contributed by atoms with Gasteiger partial charge in [-0.25, -0.2) is 0 Å². The molecule has 2 heterocycles. The fraction of sp³-hybridized carbons (Fsp3) is 0.0909. The lowest BCUT2D eigenvalue weighted by molar-refractivity contribution is 0.0890. The first kappa shape index (κ1) is 11.0. The van der Waals surface area contributed by atoms with Gasteiger partial charge in [-0.05, 0) is 24.3 Å². The Labute approximate surface area is 96.6 Å². The SMILES string of the molecule is O=C(NCNC(=O)c1ccco1)c1ccco1. The van der Waals surface area contributed by atoms with Crippen LogP contribution in [-0.4, -0.2) is 18.5 Å². The molecule has 2 amide bonds. The summed E-state index contributed by atoms with van der Waals surface area (Å²) < 4.78 is 9.76. The highest BCUT2D eigenvalue weighted by Crippen LogP contribution is 1.99. The molecule has 2 N–H and O–H groups in total. The lowest BCUT2D eigenvalue weighted by atomic mass is 10.4. The Bertz CT molecular complexity index is 441. The molecule has 0 aliphatic heterocycles. The molecule has 0 saturated heterocycles. The predicted octanol–water partition coefficient (Wildman–Crippen LogP) is 0.990. The molecule has 0 aliphatic rings. The van der Waals surface area contributed by atoms with E-state index in [1.165, 1.54) is 24.7 Å². The molecule has 0 fully saturated rings. The fourth-order valence-corrected chi connectivity index (χ4v) is 1.19. The van der Waals surface area contributed by atoms with Crippen LogP contribution in [0.5, 0.6) is 0 Å². The summed E-state index contributed by atoms with van der Waals surface area (Å²) >= 11 is 0. The summed E-state index contributed by atoms with van der Waals surface area (Å²) in [6.45, 7) is -0.000926. The number of nitrogens with one attached hydrogen (secondary N) is 2. The maximum absolute atomic E-state index is 11.4. The average molecular weight is 234 g/mol. The van der Waals surface area contributed by atoms with Gasteiger partial charge in [0.25, 0.3) is 11.8 Å². The van der Waals surface area contributed by atoms with Gasteiger partial charge in [0, 0.05) is 0 Å². The first-order valence-electron chi connectivity index (χ1n) is 4.91. The summed E-state index contributed by atoms with van der Waals surface area (Å²) in [5.41, 5.74) is 0. The molecule has 0 saturated carbocycles. The number of amides is 2. The van der Waals surface area contributed by atoms with Crippen LogP contribution < -0.4 is 10.6 Å². The molecule has 2 rings (SSSR count). The third-order valence-corrected chi connectivity index (χ3v) is 1.99. The van der Waals surface area contributed by atoms with Gasteiger partial charge in [0.1, 0.15) is 0 Å². The van der Waals surface area contributed by atoms with Crippen molar-refractivity contribution in [3.05, 3.63) is 48.3 Å². The molecule has 0 radical (unpaired) electrons. The zero-order valence-corrected chi connectivity index (χ0v) is 8.80. The van der Waals surface area contributed by atoms with Crippen LogP contribution >= 0.6 is 0 Å². The van der Waals surface area contributed by atoms with Gasteiger partial charge < -0.3 is 19.5 Å². The van der Waals surface area contributed by atoms with Crippen LogP contribution in [0.4, 0.5) is 0 Å². The molecule has 2 aromatic heterocycles. The van der Waals surface area contributed by atoms with Gasteiger partial charge in [-0.2, -0.15) is 0 Å². The average Bonchev–Trinajstić information content (AvgIpc) is 3.02. The molecule has 17 heavy (non-hydrogen) atoms. The molecular weight excluding hydrogens is 224 g/mol. The van der Waals surface area contributed by atoms with Crippen molar-refractivity contribution in [1.29, 1.82) is 0 Å². The van der Waals surface area contributed by atoms with E-state index in [9.17, 15) is 9.59 Å². The van der Waals surface area contributed by atoms with Gasteiger partial charge in [-0.3, -0.25) is 9.59 Å². The van der Waals surface area contributed by atoms with E-state index < -0.39 is 11.8 Å². The molecule has 6 heteroatoms. The third-order valence-electron chi connectivity index (χ3n) is 1.99. The Hall–Kier alpha value is -2.50. The van der Waals surface area contributed by atoms with Crippen LogP contribution in [0.15, 0.2) is 45.6 Å². The third kappa shape index (κ3) is 2.75. The lowest BCUT2D eigenvalue weighted by Gasteiger charge is -2.04. The van der Waals surface area contributed by atoms with Gasteiger partial charge >= 0.3 is 0 Å². The molecule has 2 aromatic rings. The van der Waals surface area contributed by atoms with Crippen molar-refractivity contribution in [3.8, 4) is 0 Å². The number of carbonyl (C=O) groups is 2. The molecular formula is C11H10N2O4. The Balaban J connectivity index is 1.77. The van der Waals surface area contributed by atoms with Crippen molar-refractivity contribution in [2.75, 3.05) is 6.67 Å². The first-order chi connectivity index (χ1) is 8.27. The van der Waals surface area contributed by atoms with E-state index in [1.54, 1.807) is 12.1 Å². The Morgan fingerprint density at radius 2 is 1.41 bits per heavy atom. The van der Waals surface area contributed by atoms with Crippen molar-refractivity contribution in [1.82, 2.24) is 10.6 Å². The topological polar surface area (TPSA) is 84.5 Å². The summed E-state index contributed by atoms with van der Waals surface area (Å²) in [4.78, 5) is 22.8. The van der Waals surface area contributed by atoms with Crippen molar-refractivity contribution < 1.29 is 18.4 Å². The monoisotopic (exact) mass is 234 g/mol. The highest BCUT2D eigenvalue weighted by Gasteiger charge is 2.10. The molecule has 0 aromatic carbocycles. The summed E-state index contributed by atoms with van der Waals surface area (Å²) in [7, 11) is 0. The van der Waals surface area contributed by atoms with Gasteiger partial charge in [0.2, 0.25) is 0 Å². The van der Waals surface area contributed by atoms with Crippen LogP contribution in [0.1, 0.15) is 21.1 Å². The second-order valence-corrected chi connectivity index (χ2v) is 3.14. The molecule has 0 unspecified atom stereocenters. The maximum atomic E-state index is 11.4. The van der Waals surface area contributed by atoms with Gasteiger partial charge in [0.05, 0.1) is 19.2 Å². The van der Waals surface area contributed by atoms with Crippen molar-refractivity contribution in [3.63, 3.8) is 0 Å². The Morgan fingerprint density at radius 1 is 0.941 bits per heavy atom. The molecule has 0 aliphatic carbocycles. The van der Waals surface area contributed by atoms with Gasteiger partial charge in [-0.1, -0.05) is 0 Å². The minimum absolute atomic E-state index is 0.000926. The molecule has 0 atom stereocenters. The summed E-state index contributed by atoms with van der Waals surface area (Å²) in [6, 6.07) is 6.28. The fourth-order valence-electron chi connectivity index (χ4n) is 1.19. The zero-order valence-electron chi connectivity index (χ0n) is 8.80. The second-order valence-electron chi connectivity index (χ2n) is 3.14. The van der Waals surface area contributed by atoms with E-state index in [0.717, 1.165) is 0 Å². The van der Waals surface area contributed by atoms with E-state index in [4.69, 9.17) is 8.83 Å². The highest BCUT2D eigenvalue weighted by atomic mass is 16.3.